The van der Waals surface area contributed by atoms with Crippen molar-refractivity contribution >= 4 is 0 Å². The molecule has 0 heterocycles. The second kappa shape index (κ2) is 12.0. The molecule has 0 aliphatic rings. The molecule has 0 unspecified atom stereocenters. The summed E-state index contributed by atoms with van der Waals surface area (Å²) < 4.78 is 0. The first kappa shape index (κ1) is 12.9. The van der Waals surface area contributed by atoms with E-state index in [1.54, 1.807) is 0 Å². The molecule has 0 aromatic carbocycles. The lowest BCUT2D eigenvalue weighted by Gasteiger charge is -2.00. The smallest absolute Gasteiger partial charge is 0.0916 e. The minimum atomic E-state index is 0.770. The van der Waals surface area contributed by atoms with Crippen LogP contribution in [0.3, 0.4) is 0 Å². The highest BCUT2D eigenvalue weighted by Crippen LogP contribution is 1.75. The van der Waals surface area contributed by atoms with E-state index in [2.05, 4.69) is 17.6 Å². The molecule has 0 aromatic rings. The van der Waals surface area contributed by atoms with Gasteiger partial charge in [-0.15, -0.1) is 0 Å². The molecule has 4 N–H and O–H groups in total. The molecule has 3 heteroatoms. The van der Waals surface area contributed by atoms with Gasteiger partial charge in [0.1, 0.15) is 0 Å². The van der Waals surface area contributed by atoms with Gasteiger partial charge in [-0.2, -0.15) is 0 Å². The van der Waals surface area contributed by atoms with Gasteiger partial charge >= 0.3 is 0 Å². The first-order valence-corrected chi connectivity index (χ1v) is 3.97. The average Bonchev–Trinajstić information content (AvgIpc) is 2.02. The minimum absolute atomic E-state index is 0.770. The Morgan fingerprint density at radius 1 is 1.45 bits per heavy atom. The normalized spacial score (nSPS) is 10.0. The van der Waals surface area contributed by atoms with Crippen molar-refractivity contribution in [3.8, 4) is 0 Å². The van der Waals surface area contributed by atoms with Crippen LogP contribution in [0.5, 0.6) is 0 Å². The zero-order chi connectivity index (χ0) is 9.11. The first-order chi connectivity index (χ1) is 5.22. The number of allylic oxidation sites excluding steroid dienone is 1. The molecule has 0 bridgehead atoms. The van der Waals surface area contributed by atoms with Gasteiger partial charge in [-0.3, -0.25) is 0 Å². The fraction of sp³-hybridized carbons (Fsp3) is 0.750. The van der Waals surface area contributed by atoms with Crippen LogP contribution in [0.2, 0.25) is 0 Å². The van der Waals surface area contributed by atoms with E-state index in [1.807, 2.05) is 27.1 Å². The molecule has 0 rings (SSSR count). The fourth-order valence-electron chi connectivity index (χ4n) is 0.371. The Bertz CT molecular complexity index is 89.3. The van der Waals surface area contributed by atoms with Gasteiger partial charge in [-0.1, -0.05) is 6.92 Å². The van der Waals surface area contributed by atoms with Gasteiger partial charge in [0.25, 0.3) is 0 Å². The van der Waals surface area contributed by atoms with Crippen LogP contribution in [0.25, 0.3) is 0 Å². The summed E-state index contributed by atoms with van der Waals surface area (Å²) in [6, 6.07) is 0. The summed E-state index contributed by atoms with van der Waals surface area (Å²) in [7, 11) is 3.75. The van der Waals surface area contributed by atoms with E-state index < -0.39 is 0 Å². The van der Waals surface area contributed by atoms with Crippen LogP contribution in [0.4, 0.5) is 0 Å². The van der Waals surface area contributed by atoms with Crippen LogP contribution in [-0.2, 0) is 0 Å². The molecule has 0 aliphatic heterocycles. The summed E-state index contributed by atoms with van der Waals surface area (Å²) in [5.74, 6) is 0.770. The molecule has 0 saturated heterocycles. The van der Waals surface area contributed by atoms with Gasteiger partial charge in [-0.25, -0.2) is 0 Å². The second-order valence-electron chi connectivity index (χ2n) is 2.17. The van der Waals surface area contributed by atoms with Gasteiger partial charge in [0.2, 0.25) is 0 Å². The largest absolute Gasteiger partial charge is 0.386 e. The fourth-order valence-corrected chi connectivity index (χ4v) is 0.371. The third-order valence-corrected chi connectivity index (χ3v) is 0.890. The van der Waals surface area contributed by atoms with Crippen LogP contribution in [0.15, 0.2) is 11.9 Å². The zero-order valence-corrected chi connectivity index (χ0v) is 8.07. The third kappa shape index (κ3) is 17.6. The molecule has 0 fully saturated rings. The van der Waals surface area contributed by atoms with Gasteiger partial charge in [-0.05, 0) is 33.5 Å². The highest BCUT2D eigenvalue weighted by molar-refractivity contribution is 4.89. The Hall–Kier alpha value is -0.700. The van der Waals surface area contributed by atoms with Crippen molar-refractivity contribution < 1.29 is 0 Å². The zero-order valence-electron chi connectivity index (χ0n) is 8.07. The molecular formula is C8H21N3. The van der Waals surface area contributed by atoms with E-state index in [9.17, 15) is 0 Å². The van der Waals surface area contributed by atoms with E-state index >= 15 is 0 Å². The lowest BCUT2D eigenvalue weighted by molar-refractivity contribution is 0.759. The molecule has 0 aliphatic carbocycles. The van der Waals surface area contributed by atoms with Crippen LogP contribution in [0.1, 0.15) is 20.3 Å². The van der Waals surface area contributed by atoms with Crippen LogP contribution in [0, 0.1) is 0 Å². The topological polar surface area (TPSA) is 50.1 Å². The summed E-state index contributed by atoms with van der Waals surface area (Å²) in [6.07, 6.45) is 2.98. The van der Waals surface area contributed by atoms with E-state index in [0.717, 1.165) is 18.8 Å². The molecule has 11 heavy (non-hydrogen) atoms. The average molecular weight is 159 g/mol. The van der Waals surface area contributed by atoms with E-state index in [0.29, 0.717) is 0 Å². The van der Waals surface area contributed by atoms with Crippen molar-refractivity contribution in [3.05, 3.63) is 11.9 Å². The molecule has 0 atom stereocenters. The van der Waals surface area contributed by atoms with Crippen LogP contribution < -0.4 is 16.4 Å². The molecule has 68 valence electrons. The highest BCUT2D eigenvalue weighted by Gasteiger charge is 1.80. The maximum absolute atomic E-state index is 5.41. The quantitative estimate of drug-likeness (QED) is 0.566. The summed E-state index contributed by atoms with van der Waals surface area (Å²) in [4.78, 5) is 0. The minimum Gasteiger partial charge on any atom is -0.386 e. The predicted octanol–water partition coefficient (Wildman–Crippen LogP) is 0.642. The number of rotatable bonds is 3. The van der Waals surface area contributed by atoms with Crippen molar-refractivity contribution in [3.63, 3.8) is 0 Å². The van der Waals surface area contributed by atoms with Crippen molar-refractivity contribution in [2.75, 3.05) is 20.6 Å². The predicted molar refractivity (Wildman–Crippen MR) is 51.2 cm³/mol. The summed E-state index contributed by atoms with van der Waals surface area (Å²) >= 11 is 0. The van der Waals surface area contributed by atoms with Crippen molar-refractivity contribution in [2.24, 2.45) is 5.73 Å². The SMILES string of the molecule is CC=C(N)NCCC.CNC. The van der Waals surface area contributed by atoms with E-state index in [1.165, 1.54) is 0 Å². The molecule has 3 nitrogen and oxygen atoms in total. The van der Waals surface area contributed by atoms with Crippen LogP contribution >= 0.6 is 0 Å². The third-order valence-electron chi connectivity index (χ3n) is 0.890. The monoisotopic (exact) mass is 159 g/mol. The standard InChI is InChI=1S/C6H14N2.C2H7N/c1-3-5-8-6(7)4-2;1-3-2/h4,8H,3,5,7H2,1-2H3;3H,1-2H3. The molecule has 0 spiro atoms. The number of nitrogens with one attached hydrogen (secondary N) is 2. The Morgan fingerprint density at radius 3 is 2.18 bits per heavy atom. The summed E-state index contributed by atoms with van der Waals surface area (Å²) in [5.41, 5.74) is 5.41. The first-order valence-electron chi connectivity index (χ1n) is 3.97. The Labute approximate surface area is 70.0 Å². The summed E-state index contributed by atoms with van der Waals surface area (Å²) in [6.45, 7) is 4.99. The van der Waals surface area contributed by atoms with Crippen LogP contribution in [-0.4, -0.2) is 20.6 Å². The second-order valence-corrected chi connectivity index (χ2v) is 2.17. The molecule has 0 radical (unpaired) electrons. The lowest BCUT2D eigenvalue weighted by Crippen LogP contribution is -2.19. The van der Waals surface area contributed by atoms with Gasteiger partial charge < -0.3 is 16.4 Å². The molecule has 0 aromatic heterocycles. The summed E-state index contributed by atoms with van der Waals surface area (Å²) in [5, 5.41) is 5.77. The van der Waals surface area contributed by atoms with E-state index in [-0.39, 0.29) is 0 Å². The number of hydrogen-bond acceptors (Lipinski definition) is 3. The maximum Gasteiger partial charge on any atom is 0.0916 e. The number of hydrogen-bond donors (Lipinski definition) is 3. The Balaban J connectivity index is 0. The van der Waals surface area contributed by atoms with E-state index in [4.69, 9.17) is 5.73 Å². The molecular weight excluding hydrogens is 138 g/mol. The maximum atomic E-state index is 5.41. The van der Waals surface area contributed by atoms with Gasteiger partial charge in [0.05, 0.1) is 5.82 Å². The van der Waals surface area contributed by atoms with Crippen molar-refractivity contribution in [2.45, 2.75) is 20.3 Å². The van der Waals surface area contributed by atoms with Crippen molar-refractivity contribution in [1.29, 1.82) is 0 Å². The molecule has 0 amide bonds. The number of nitrogens with two attached hydrogens (primary N) is 1. The Kier molecular flexibility index (Phi) is 14.1. The van der Waals surface area contributed by atoms with Gasteiger partial charge in [0, 0.05) is 6.54 Å². The highest BCUT2D eigenvalue weighted by atomic mass is 15.0. The van der Waals surface area contributed by atoms with Gasteiger partial charge in [0.15, 0.2) is 0 Å². The Morgan fingerprint density at radius 2 is 1.91 bits per heavy atom. The molecule has 0 saturated carbocycles. The van der Waals surface area contributed by atoms with Crippen molar-refractivity contribution in [1.82, 2.24) is 10.6 Å². The lowest BCUT2D eigenvalue weighted by atomic mass is 10.5.